The van der Waals surface area contributed by atoms with E-state index in [0.29, 0.717) is 5.75 Å². The van der Waals surface area contributed by atoms with Crippen molar-refractivity contribution in [2.45, 2.75) is 24.7 Å². The Bertz CT molecular complexity index is 1010. The molecule has 1 amide bonds. The van der Waals surface area contributed by atoms with E-state index in [-0.39, 0.29) is 30.3 Å². The molecule has 1 fully saturated rings. The third kappa shape index (κ3) is 3.51. The molecule has 9 heteroatoms. The lowest BCUT2D eigenvalue weighted by molar-refractivity contribution is -0.0867. The van der Waals surface area contributed by atoms with Crippen molar-refractivity contribution in [3.8, 4) is 22.8 Å². The number of ether oxygens (including phenoxy) is 1. The van der Waals surface area contributed by atoms with Crippen LogP contribution in [0.4, 0.5) is 8.78 Å². The van der Waals surface area contributed by atoms with E-state index in [2.05, 4.69) is 20.6 Å². The summed E-state index contributed by atoms with van der Waals surface area (Å²) in [6.07, 6.45) is -0.185. The van der Waals surface area contributed by atoms with Crippen LogP contribution in [-0.2, 0) is 0 Å². The molecular formula is C19H14F2N4O3. The molecule has 3 aromatic rings. The molecule has 2 aromatic carbocycles. The topological polar surface area (TPSA) is 97.3 Å². The maximum absolute atomic E-state index is 13.0. The second-order valence-corrected chi connectivity index (χ2v) is 6.60. The smallest absolute Gasteiger partial charge is 0.340 e. The van der Waals surface area contributed by atoms with Crippen molar-refractivity contribution in [1.82, 2.24) is 15.4 Å². The fourth-order valence-corrected chi connectivity index (χ4v) is 3.15. The van der Waals surface area contributed by atoms with Gasteiger partial charge in [0.15, 0.2) is 5.69 Å². The number of carbonyl (C=O) groups excluding carboxylic acids is 1. The van der Waals surface area contributed by atoms with Gasteiger partial charge in [-0.25, -0.2) is 13.9 Å². The van der Waals surface area contributed by atoms with Gasteiger partial charge in [0.05, 0.1) is 0 Å². The Morgan fingerprint density at radius 1 is 1.07 bits per heavy atom. The third-order valence-corrected chi connectivity index (χ3v) is 4.69. The second kappa shape index (κ2) is 6.91. The number of carbonyl (C=O) groups is 1. The van der Waals surface area contributed by atoms with Crippen molar-refractivity contribution in [2.24, 2.45) is 5.18 Å². The second-order valence-electron chi connectivity index (χ2n) is 6.60. The summed E-state index contributed by atoms with van der Waals surface area (Å²) in [5, 5.41) is 11.6. The Morgan fingerprint density at radius 2 is 1.68 bits per heavy atom. The van der Waals surface area contributed by atoms with E-state index in [1.54, 1.807) is 24.3 Å². The van der Waals surface area contributed by atoms with Gasteiger partial charge in [-0.2, -0.15) is 0 Å². The normalized spacial score (nSPS) is 15.6. The third-order valence-electron chi connectivity index (χ3n) is 4.69. The number of aromatic nitrogens is 3. The van der Waals surface area contributed by atoms with E-state index >= 15 is 0 Å². The van der Waals surface area contributed by atoms with E-state index < -0.39 is 11.8 Å². The molecule has 0 spiro atoms. The van der Waals surface area contributed by atoms with Gasteiger partial charge in [-0.05, 0) is 34.7 Å². The van der Waals surface area contributed by atoms with Crippen molar-refractivity contribution in [3.05, 3.63) is 64.7 Å². The maximum atomic E-state index is 13.0. The number of aromatic amines is 1. The molecule has 4 rings (SSSR count). The van der Waals surface area contributed by atoms with Gasteiger partial charge in [0, 0.05) is 18.0 Å². The standard InChI is InChI=1S/C19H14F2N4O3/c20-19(21)9-14(10-19)13-3-1-11(2-4-13)12-5-7-15(8-6-12)28-18-16(17(26)24-27)22-25-23-18/h1-8,14H,9-10H2,(H,22,23,25). The summed E-state index contributed by atoms with van der Waals surface area (Å²) < 4.78 is 31.5. The van der Waals surface area contributed by atoms with Crippen LogP contribution in [0.5, 0.6) is 11.6 Å². The number of rotatable bonds is 5. The number of halogens is 2. The van der Waals surface area contributed by atoms with Gasteiger partial charge in [-0.15, -0.1) is 4.91 Å². The molecule has 1 saturated carbocycles. The molecular weight excluding hydrogens is 370 g/mol. The predicted octanol–water partition coefficient (Wildman–Crippen LogP) is 4.68. The number of benzene rings is 2. The number of nitroso groups, excluding NO2 is 1. The first-order valence-corrected chi connectivity index (χ1v) is 8.50. The van der Waals surface area contributed by atoms with Gasteiger partial charge in [0.1, 0.15) is 5.75 Å². The van der Waals surface area contributed by atoms with Crippen LogP contribution >= 0.6 is 0 Å². The zero-order chi connectivity index (χ0) is 19.7. The van der Waals surface area contributed by atoms with Gasteiger partial charge in [-0.3, -0.25) is 4.79 Å². The largest absolute Gasteiger partial charge is 0.436 e. The molecule has 1 aliphatic rings. The number of hydrogen-bond donors (Lipinski definition) is 1. The predicted molar refractivity (Wildman–Crippen MR) is 95.4 cm³/mol. The lowest BCUT2D eigenvalue weighted by Crippen LogP contribution is -2.33. The highest BCUT2D eigenvalue weighted by molar-refractivity contribution is 5.94. The van der Waals surface area contributed by atoms with Crippen molar-refractivity contribution in [3.63, 3.8) is 0 Å². The first kappa shape index (κ1) is 17.9. The number of nitrogens with one attached hydrogen (secondary N) is 1. The van der Waals surface area contributed by atoms with Gasteiger partial charge < -0.3 is 4.74 Å². The molecule has 1 heterocycles. The van der Waals surface area contributed by atoms with E-state index in [0.717, 1.165) is 16.7 Å². The Morgan fingerprint density at radius 3 is 2.25 bits per heavy atom. The zero-order valence-corrected chi connectivity index (χ0v) is 14.4. The lowest BCUT2D eigenvalue weighted by atomic mass is 9.76. The van der Waals surface area contributed by atoms with E-state index in [4.69, 9.17) is 4.74 Å². The van der Waals surface area contributed by atoms with Gasteiger partial charge in [-0.1, -0.05) is 46.7 Å². The number of hydrogen-bond acceptors (Lipinski definition) is 5. The monoisotopic (exact) mass is 384 g/mol. The fraction of sp³-hybridized carbons (Fsp3) is 0.211. The van der Waals surface area contributed by atoms with Crippen LogP contribution in [0.3, 0.4) is 0 Å². The summed E-state index contributed by atoms with van der Waals surface area (Å²) in [6.45, 7) is 0. The highest BCUT2D eigenvalue weighted by Crippen LogP contribution is 2.48. The van der Waals surface area contributed by atoms with Crippen molar-refractivity contribution >= 4 is 5.91 Å². The van der Waals surface area contributed by atoms with E-state index in [9.17, 15) is 18.5 Å². The summed E-state index contributed by atoms with van der Waals surface area (Å²) >= 11 is 0. The highest BCUT2D eigenvalue weighted by Gasteiger charge is 2.45. The first-order valence-electron chi connectivity index (χ1n) is 8.50. The minimum Gasteiger partial charge on any atom is -0.436 e. The molecule has 1 aliphatic carbocycles. The quantitative estimate of drug-likeness (QED) is 0.644. The Hall–Kier alpha value is -3.49. The summed E-state index contributed by atoms with van der Waals surface area (Å²) in [5.74, 6) is -3.42. The number of nitrogens with zero attached hydrogens (tertiary/aromatic N) is 3. The van der Waals surface area contributed by atoms with Crippen LogP contribution in [-0.4, -0.2) is 27.2 Å². The van der Waals surface area contributed by atoms with Gasteiger partial charge >= 0.3 is 5.91 Å². The van der Waals surface area contributed by atoms with E-state index in [1.807, 2.05) is 24.3 Å². The van der Waals surface area contributed by atoms with Crippen LogP contribution in [0.1, 0.15) is 34.8 Å². The fourth-order valence-electron chi connectivity index (χ4n) is 3.15. The lowest BCUT2D eigenvalue weighted by Gasteiger charge is -2.35. The number of amides is 1. The average molecular weight is 384 g/mol. The van der Waals surface area contributed by atoms with Gasteiger partial charge in [0.2, 0.25) is 5.92 Å². The van der Waals surface area contributed by atoms with Crippen LogP contribution in [0, 0.1) is 4.91 Å². The highest BCUT2D eigenvalue weighted by atomic mass is 19.3. The first-order chi connectivity index (χ1) is 13.4. The molecule has 7 nitrogen and oxygen atoms in total. The Labute approximate surface area is 157 Å². The SMILES string of the molecule is O=NC(=O)c1[nH]nnc1Oc1ccc(-c2ccc(C3CC(F)(F)C3)cc2)cc1. The van der Waals surface area contributed by atoms with Crippen LogP contribution in [0.25, 0.3) is 11.1 Å². The van der Waals surface area contributed by atoms with Gasteiger partial charge in [0.25, 0.3) is 5.88 Å². The molecule has 0 radical (unpaired) electrons. The minimum atomic E-state index is -2.53. The summed E-state index contributed by atoms with van der Waals surface area (Å²) in [7, 11) is 0. The molecule has 0 aliphatic heterocycles. The van der Waals surface area contributed by atoms with Crippen LogP contribution < -0.4 is 4.74 Å². The summed E-state index contributed by atoms with van der Waals surface area (Å²) in [5.41, 5.74) is 2.53. The Balaban J connectivity index is 1.46. The molecule has 1 N–H and O–H groups in total. The minimum absolute atomic E-state index is 0.0833. The van der Waals surface area contributed by atoms with E-state index in [1.165, 1.54) is 0 Å². The van der Waals surface area contributed by atoms with Crippen LogP contribution in [0.2, 0.25) is 0 Å². The molecule has 0 bridgehead atoms. The Kier molecular flexibility index (Phi) is 4.42. The summed E-state index contributed by atoms with van der Waals surface area (Å²) in [6, 6.07) is 14.5. The molecule has 28 heavy (non-hydrogen) atoms. The van der Waals surface area contributed by atoms with Crippen molar-refractivity contribution < 1.29 is 18.3 Å². The molecule has 1 aromatic heterocycles. The van der Waals surface area contributed by atoms with Crippen molar-refractivity contribution in [1.29, 1.82) is 0 Å². The molecule has 0 saturated heterocycles. The number of H-pyrrole nitrogens is 1. The number of alkyl halides is 2. The molecule has 142 valence electrons. The average Bonchev–Trinajstić information content (AvgIpc) is 3.14. The molecule has 0 unspecified atom stereocenters. The zero-order valence-electron chi connectivity index (χ0n) is 14.4. The summed E-state index contributed by atoms with van der Waals surface area (Å²) in [4.78, 5) is 21.7. The maximum Gasteiger partial charge on any atom is 0.340 e. The molecule has 0 atom stereocenters. The van der Waals surface area contributed by atoms with Crippen molar-refractivity contribution in [2.75, 3.05) is 0 Å². The van der Waals surface area contributed by atoms with Crippen LogP contribution in [0.15, 0.2) is 53.7 Å².